The first-order valence-electron chi connectivity index (χ1n) is 5.59. The Morgan fingerprint density at radius 1 is 1.44 bits per heavy atom. The zero-order valence-electron chi connectivity index (χ0n) is 9.89. The molecule has 0 unspecified atom stereocenters. The van der Waals surface area contributed by atoms with E-state index in [1.807, 2.05) is 0 Å². The predicted molar refractivity (Wildman–Crippen MR) is 67.4 cm³/mol. The lowest BCUT2D eigenvalue weighted by Crippen LogP contribution is -1.98. The Hall–Kier alpha value is -2.23. The highest BCUT2D eigenvalue weighted by molar-refractivity contribution is 5.89. The second-order valence-electron chi connectivity index (χ2n) is 3.65. The smallest absolute Gasteiger partial charge is 0.330 e. The lowest BCUT2D eigenvalue weighted by molar-refractivity contribution is -0.137. The highest BCUT2D eigenvalue weighted by atomic mass is 19.1. The molecule has 0 N–H and O–H groups in total. The van der Waals surface area contributed by atoms with Crippen LogP contribution in [0.4, 0.5) is 4.39 Å². The van der Waals surface area contributed by atoms with Crippen molar-refractivity contribution in [3.8, 4) is 0 Å². The molecule has 18 heavy (non-hydrogen) atoms. The SMILES string of the molecule is CCOC(=O)/C=C/c1ccc2cnccc2c1F. The minimum atomic E-state index is -0.480. The third-order valence-electron chi connectivity index (χ3n) is 2.47. The Bertz CT molecular complexity index is 608. The lowest BCUT2D eigenvalue weighted by Gasteiger charge is -2.02. The fourth-order valence-corrected chi connectivity index (χ4v) is 1.62. The van der Waals surface area contributed by atoms with Gasteiger partial charge in [0.25, 0.3) is 0 Å². The largest absolute Gasteiger partial charge is 0.463 e. The van der Waals surface area contributed by atoms with Gasteiger partial charge in [0, 0.05) is 34.8 Å². The van der Waals surface area contributed by atoms with Crippen LogP contribution in [-0.2, 0) is 9.53 Å². The van der Waals surface area contributed by atoms with Crippen molar-refractivity contribution in [1.29, 1.82) is 0 Å². The Morgan fingerprint density at radius 3 is 3.06 bits per heavy atom. The number of nitrogens with zero attached hydrogens (tertiary/aromatic N) is 1. The van der Waals surface area contributed by atoms with E-state index in [9.17, 15) is 9.18 Å². The fourth-order valence-electron chi connectivity index (χ4n) is 1.62. The van der Waals surface area contributed by atoms with Gasteiger partial charge in [-0.15, -0.1) is 0 Å². The monoisotopic (exact) mass is 245 g/mol. The molecule has 0 spiro atoms. The summed E-state index contributed by atoms with van der Waals surface area (Å²) in [5, 5.41) is 1.21. The van der Waals surface area contributed by atoms with Crippen molar-refractivity contribution in [2.75, 3.05) is 6.61 Å². The molecule has 0 radical (unpaired) electrons. The molecule has 0 saturated heterocycles. The molecule has 0 aliphatic carbocycles. The normalized spacial score (nSPS) is 11.0. The second-order valence-corrected chi connectivity index (χ2v) is 3.65. The minimum absolute atomic E-state index is 0.301. The quantitative estimate of drug-likeness (QED) is 0.616. The summed E-state index contributed by atoms with van der Waals surface area (Å²) in [6.45, 7) is 2.02. The molecule has 3 nitrogen and oxygen atoms in total. The number of hydrogen-bond acceptors (Lipinski definition) is 3. The summed E-state index contributed by atoms with van der Waals surface area (Å²) >= 11 is 0. The number of esters is 1. The van der Waals surface area contributed by atoms with Gasteiger partial charge in [-0.1, -0.05) is 12.1 Å². The first-order chi connectivity index (χ1) is 8.72. The van der Waals surface area contributed by atoms with Gasteiger partial charge in [0.1, 0.15) is 5.82 Å². The molecule has 0 aliphatic heterocycles. The molecule has 1 heterocycles. The summed E-state index contributed by atoms with van der Waals surface area (Å²) in [5.74, 6) is -0.845. The topological polar surface area (TPSA) is 39.2 Å². The molecular weight excluding hydrogens is 233 g/mol. The van der Waals surface area contributed by atoms with Gasteiger partial charge < -0.3 is 4.74 Å². The molecule has 0 fully saturated rings. The average molecular weight is 245 g/mol. The summed E-state index contributed by atoms with van der Waals surface area (Å²) in [6, 6.07) is 4.97. The zero-order chi connectivity index (χ0) is 13.0. The molecule has 0 saturated carbocycles. The van der Waals surface area contributed by atoms with E-state index in [0.29, 0.717) is 17.6 Å². The molecule has 0 aliphatic rings. The fraction of sp³-hybridized carbons (Fsp3) is 0.143. The number of hydrogen-bond donors (Lipinski definition) is 0. The van der Waals surface area contributed by atoms with E-state index >= 15 is 0 Å². The van der Waals surface area contributed by atoms with Crippen molar-refractivity contribution in [2.24, 2.45) is 0 Å². The minimum Gasteiger partial charge on any atom is -0.463 e. The average Bonchev–Trinajstić information content (AvgIpc) is 2.39. The van der Waals surface area contributed by atoms with Crippen molar-refractivity contribution in [3.63, 3.8) is 0 Å². The van der Waals surface area contributed by atoms with Crippen LogP contribution in [0.2, 0.25) is 0 Å². The van der Waals surface area contributed by atoms with E-state index < -0.39 is 5.97 Å². The van der Waals surface area contributed by atoms with Crippen LogP contribution in [0.15, 0.2) is 36.7 Å². The molecule has 0 atom stereocenters. The van der Waals surface area contributed by atoms with Crippen molar-refractivity contribution in [1.82, 2.24) is 4.98 Å². The Balaban J connectivity index is 2.35. The summed E-state index contributed by atoms with van der Waals surface area (Å²) in [4.78, 5) is 15.1. The number of rotatable bonds is 3. The summed E-state index contributed by atoms with van der Waals surface area (Å²) in [7, 11) is 0. The first-order valence-corrected chi connectivity index (χ1v) is 5.59. The van der Waals surface area contributed by atoms with E-state index in [2.05, 4.69) is 4.98 Å². The van der Waals surface area contributed by atoms with Crippen molar-refractivity contribution in [3.05, 3.63) is 48.0 Å². The zero-order valence-corrected chi connectivity index (χ0v) is 9.89. The summed E-state index contributed by atoms with van der Waals surface area (Å²) < 4.78 is 18.8. The molecule has 0 amide bonds. The van der Waals surface area contributed by atoms with Gasteiger partial charge >= 0.3 is 5.97 Å². The number of fused-ring (bicyclic) bond motifs is 1. The van der Waals surface area contributed by atoms with E-state index in [1.165, 1.54) is 18.3 Å². The van der Waals surface area contributed by atoms with E-state index in [4.69, 9.17) is 4.74 Å². The Kier molecular flexibility index (Phi) is 3.67. The van der Waals surface area contributed by atoms with Crippen LogP contribution in [0.5, 0.6) is 0 Å². The van der Waals surface area contributed by atoms with Crippen LogP contribution in [0.1, 0.15) is 12.5 Å². The molecule has 2 rings (SSSR count). The number of carbonyl (C=O) groups is 1. The number of pyridine rings is 1. The van der Waals surface area contributed by atoms with Crippen LogP contribution in [0.3, 0.4) is 0 Å². The van der Waals surface area contributed by atoms with Gasteiger partial charge in [-0.3, -0.25) is 4.98 Å². The maximum Gasteiger partial charge on any atom is 0.330 e. The maximum atomic E-state index is 14.1. The standard InChI is InChI=1S/C14H12FNO2/c1-2-18-13(17)6-5-10-3-4-11-9-16-8-7-12(11)14(10)15/h3-9H,2H2,1H3/b6-5+. The van der Waals surface area contributed by atoms with Crippen LogP contribution in [0.25, 0.3) is 16.8 Å². The lowest BCUT2D eigenvalue weighted by atomic mass is 10.1. The number of benzene rings is 1. The first kappa shape index (κ1) is 12.2. The Labute approximate surface area is 104 Å². The van der Waals surface area contributed by atoms with Gasteiger partial charge in [0.15, 0.2) is 0 Å². The molecule has 4 heteroatoms. The molecule has 1 aromatic carbocycles. The number of carbonyl (C=O) groups excluding carboxylic acids is 1. The van der Waals surface area contributed by atoms with Gasteiger partial charge in [0.2, 0.25) is 0 Å². The second kappa shape index (κ2) is 5.40. The van der Waals surface area contributed by atoms with Gasteiger partial charge in [-0.2, -0.15) is 0 Å². The van der Waals surface area contributed by atoms with Crippen LogP contribution >= 0.6 is 0 Å². The molecule has 2 aromatic rings. The number of halogens is 1. The molecule has 92 valence electrons. The Morgan fingerprint density at radius 2 is 2.28 bits per heavy atom. The highest BCUT2D eigenvalue weighted by Gasteiger charge is 2.05. The number of aromatic nitrogens is 1. The van der Waals surface area contributed by atoms with Crippen LogP contribution in [-0.4, -0.2) is 17.6 Å². The van der Waals surface area contributed by atoms with E-state index in [1.54, 1.807) is 31.3 Å². The summed E-state index contributed by atoms with van der Waals surface area (Å²) in [6.07, 6.45) is 5.75. The summed E-state index contributed by atoms with van der Waals surface area (Å²) in [5.41, 5.74) is 0.349. The number of ether oxygens (including phenoxy) is 1. The van der Waals surface area contributed by atoms with Crippen LogP contribution < -0.4 is 0 Å². The van der Waals surface area contributed by atoms with E-state index in [0.717, 1.165) is 5.39 Å². The highest BCUT2D eigenvalue weighted by Crippen LogP contribution is 2.20. The van der Waals surface area contributed by atoms with E-state index in [-0.39, 0.29) is 5.82 Å². The third kappa shape index (κ3) is 2.53. The third-order valence-corrected chi connectivity index (χ3v) is 2.47. The van der Waals surface area contributed by atoms with Crippen LogP contribution in [0, 0.1) is 5.82 Å². The van der Waals surface area contributed by atoms with Crippen molar-refractivity contribution < 1.29 is 13.9 Å². The van der Waals surface area contributed by atoms with Crippen molar-refractivity contribution in [2.45, 2.75) is 6.92 Å². The predicted octanol–water partition coefficient (Wildman–Crippen LogP) is 2.95. The van der Waals surface area contributed by atoms with Gasteiger partial charge in [0.05, 0.1) is 6.61 Å². The molecular formula is C14H12FNO2. The molecule has 0 bridgehead atoms. The maximum absolute atomic E-state index is 14.1. The van der Waals surface area contributed by atoms with Gasteiger partial charge in [-0.25, -0.2) is 9.18 Å². The molecule has 1 aromatic heterocycles. The van der Waals surface area contributed by atoms with Gasteiger partial charge in [-0.05, 0) is 19.1 Å². The van der Waals surface area contributed by atoms with Crippen molar-refractivity contribution >= 4 is 22.8 Å².